The number of aliphatic hydroxyl groups excluding tert-OH is 1. The van der Waals surface area contributed by atoms with E-state index in [1.54, 1.807) is 6.92 Å². The van der Waals surface area contributed by atoms with Crippen LogP contribution < -0.4 is 4.74 Å². The van der Waals surface area contributed by atoms with E-state index < -0.39 is 11.0 Å². The molecule has 19 heavy (non-hydrogen) atoms. The van der Waals surface area contributed by atoms with Crippen molar-refractivity contribution in [3.05, 3.63) is 33.9 Å². The maximum atomic E-state index is 10.7. The lowest BCUT2D eigenvalue weighted by atomic mass is 10.1. The molecule has 106 valence electrons. The minimum absolute atomic E-state index is 0.0644. The van der Waals surface area contributed by atoms with Gasteiger partial charge in [-0.1, -0.05) is 6.92 Å². The summed E-state index contributed by atoms with van der Waals surface area (Å²) in [4.78, 5) is 10.2. The smallest absolute Gasteiger partial charge is 0.270 e. The Bertz CT molecular complexity index is 419. The summed E-state index contributed by atoms with van der Waals surface area (Å²) in [6.45, 7) is 5.02. The second kappa shape index (κ2) is 7.70. The first-order chi connectivity index (χ1) is 9.06. The fourth-order valence-corrected chi connectivity index (χ4v) is 1.56. The van der Waals surface area contributed by atoms with Crippen molar-refractivity contribution in [3.63, 3.8) is 0 Å². The molecule has 0 aromatic heterocycles. The molecule has 6 nitrogen and oxygen atoms in total. The molecule has 0 spiro atoms. The molecule has 0 aliphatic rings. The van der Waals surface area contributed by atoms with Crippen LogP contribution in [0.15, 0.2) is 18.2 Å². The monoisotopic (exact) mass is 269 g/mol. The number of non-ortho nitro benzene ring substituents is 1. The van der Waals surface area contributed by atoms with E-state index >= 15 is 0 Å². The van der Waals surface area contributed by atoms with E-state index in [2.05, 4.69) is 0 Å². The van der Waals surface area contributed by atoms with E-state index in [0.29, 0.717) is 31.1 Å². The van der Waals surface area contributed by atoms with Crippen molar-refractivity contribution >= 4 is 5.69 Å². The molecule has 0 saturated heterocycles. The number of ether oxygens (including phenoxy) is 2. The van der Waals surface area contributed by atoms with E-state index in [9.17, 15) is 15.2 Å². The maximum absolute atomic E-state index is 10.7. The Hall–Kier alpha value is -1.66. The third kappa shape index (κ3) is 4.84. The minimum atomic E-state index is -0.827. The van der Waals surface area contributed by atoms with Crippen molar-refractivity contribution in [2.75, 3.05) is 19.8 Å². The summed E-state index contributed by atoms with van der Waals surface area (Å²) in [6, 6.07) is 4.18. The van der Waals surface area contributed by atoms with Crippen molar-refractivity contribution < 1.29 is 19.5 Å². The van der Waals surface area contributed by atoms with Crippen molar-refractivity contribution in [2.24, 2.45) is 0 Å². The summed E-state index contributed by atoms with van der Waals surface area (Å²) in [7, 11) is 0. The van der Waals surface area contributed by atoms with Gasteiger partial charge >= 0.3 is 0 Å². The highest BCUT2D eigenvalue weighted by atomic mass is 16.6. The Kier molecular flexibility index (Phi) is 6.24. The molecule has 0 aliphatic heterocycles. The lowest BCUT2D eigenvalue weighted by Crippen LogP contribution is -2.09. The Morgan fingerprint density at radius 1 is 1.37 bits per heavy atom. The number of aliphatic hydroxyl groups is 1. The van der Waals surface area contributed by atoms with E-state index in [1.165, 1.54) is 18.2 Å². The number of hydrogen-bond acceptors (Lipinski definition) is 5. The summed E-state index contributed by atoms with van der Waals surface area (Å²) in [6.07, 6.45) is 0.114. The van der Waals surface area contributed by atoms with Crippen LogP contribution in [-0.4, -0.2) is 29.9 Å². The topological polar surface area (TPSA) is 81.8 Å². The van der Waals surface area contributed by atoms with Crippen molar-refractivity contribution in [2.45, 2.75) is 26.4 Å². The van der Waals surface area contributed by atoms with Crippen molar-refractivity contribution in [1.82, 2.24) is 0 Å². The summed E-state index contributed by atoms with van der Waals surface area (Å²) in [5.41, 5.74) is 0.343. The van der Waals surface area contributed by atoms with E-state index in [-0.39, 0.29) is 5.69 Å². The zero-order chi connectivity index (χ0) is 14.3. The summed E-state index contributed by atoms with van der Waals surface area (Å²) < 4.78 is 10.7. The Labute approximate surface area is 112 Å². The second-order valence-electron chi connectivity index (χ2n) is 4.12. The van der Waals surface area contributed by atoms with Gasteiger partial charge in [-0.25, -0.2) is 0 Å². The largest absolute Gasteiger partial charge is 0.491 e. The van der Waals surface area contributed by atoms with Gasteiger partial charge in [0.2, 0.25) is 0 Å². The highest BCUT2D eigenvalue weighted by Crippen LogP contribution is 2.29. The number of nitro groups is 1. The fourth-order valence-electron chi connectivity index (χ4n) is 1.56. The summed E-state index contributed by atoms with van der Waals surface area (Å²) in [5.74, 6) is 0.445. The van der Waals surface area contributed by atoms with Crippen LogP contribution in [0, 0.1) is 10.1 Å². The van der Waals surface area contributed by atoms with Gasteiger partial charge in [0.05, 0.1) is 17.6 Å². The van der Waals surface area contributed by atoms with E-state index in [1.807, 2.05) is 6.92 Å². The van der Waals surface area contributed by atoms with Crippen LogP contribution in [0.3, 0.4) is 0 Å². The van der Waals surface area contributed by atoms with Gasteiger partial charge in [0.1, 0.15) is 12.4 Å². The summed E-state index contributed by atoms with van der Waals surface area (Å²) >= 11 is 0. The number of rotatable bonds is 8. The fraction of sp³-hybridized carbons (Fsp3) is 0.538. The first-order valence-corrected chi connectivity index (χ1v) is 6.23. The number of benzene rings is 1. The molecule has 0 aliphatic carbocycles. The molecule has 0 radical (unpaired) electrons. The Morgan fingerprint density at radius 3 is 2.68 bits per heavy atom. The van der Waals surface area contributed by atoms with Crippen molar-refractivity contribution in [1.29, 1.82) is 0 Å². The molecule has 0 amide bonds. The zero-order valence-electron chi connectivity index (χ0n) is 11.2. The van der Waals surface area contributed by atoms with Gasteiger partial charge in [-0.05, 0) is 19.4 Å². The van der Waals surface area contributed by atoms with Gasteiger partial charge in [-0.3, -0.25) is 10.1 Å². The van der Waals surface area contributed by atoms with Crippen LogP contribution in [0.2, 0.25) is 0 Å². The van der Waals surface area contributed by atoms with Gasteiger partial charge < -0.3 is 14.6 Å². The molecule has 0 bridgehead atoms. The number of hydrogen-bond donors (Lipinski definition) is 1. The first-order valence-electron chi connectivity index (χ1n) is 6.23. The lowest BCUT2D eigenvalue weighted by molar-refractivity contribution is -0.385. The quantitative estimate of drug-likeness (QED) is 0.445. The molecule has 0 unspecified atom stereocenters. The molecule has 1 atom stereocenters. The zero-order valence-corrected chi connectivity index (χ0v) is 11.2. The van der Waals surface area contributed by atoms with Gasteiger partial charge in [0, 0.05) is 24.3 Å². The lowest BCUT2D eigenvalue weighted by Gasteiger charge is -2.13. The molecule has 0 fully saturated rings. The third-order valence-corrected chi connectivity index (χ3v) is 2.49. The normalized spacial score (nSPS) is 12.2. The molecule has 1 rings (SSSR count). The molecule has 1 aromatic carbocycles. The third-order valence-electron chi connectivity index (χ3n) is 2.49. The van der Waals surface area contributed by atoms with Crippen LogP contribution in [0.5, 0.6) is 5.75 Å². The predicted molar refractivity (Wildman–Crippen MR) is 70.3 cm³/mol. The summed E-state index contributed by atoms with van der Waals surface area (Å²) in [5, 5.41) is 20.3. The van der Waals surface area contributed by atoms with Gasteiger partial charge in [-0.15, -0.1) is 0 Å². The predicted octanol–water partition coefficient (Wildman–Crippen LogP) is 2.45. The van der Waals surface area contributed by atoms with Crippen LogP contribution in [0.1, 0.15) is 31.9 Å². The molecule has 0 heterocycles. The average molecular weight is 269 g/mol. The van der Waals surface area contributed by atoms with Gasteiger partial charge in [0.15, 0.2) is 0 Å². The van der Waals surface area contributed by atoms with Gasteiger partial charge in [-0.2, -0.15) is 0 Å². The van der Waals surface area contributed by atoms with Gasteiger partial charge in [0.25, 0.3) is 5.69 Å². The number of nitro benzene ring substituents is 1. The van der Waals surface area contributed by atoms with Crippen LogP contribution in [-0.2, 0) is 4.74 Å². The molecular formula is C13H19NO5. The molecule has 0 saturated carbocycles. The SMILES string of the molecule is CCCOCCOc1ccc([N+](=O)[O-])cc1[C@@H](C)O. The molecule has 6 heteroatoms. The minimum Gasteiger partial charge on any atom is -0.491 e. The average Bonchev–Trinajstić information content (AvgIpc) is 2.38. The molecular weight excluding hydrogens is 250 g/mol. The van der Waals surface area contributed by atoms with Crippen LogP contribution in [0.25, 0.3) is 0 Å². The Balaban J connectivity index is 2.69. The Morgan fingerprint density at radius 2 is 2.11 bits per heavy atom. The second-order valence-corrected chi connectivity index (χ2v) is 4.12. The van der Waals surface area contributed by atoms with Crippen LogP contribution >= 0.6 is 0 Å². The van der Waals surface area contributed by atoms with Crippen molar-refractivity contribution in [3.8, 4) is 5.75 Å². The highest BCUT2D eigenvalue weighted by molar-refractivity contribution is 5.44. The first kappa shape index (κ1) is 15.4. The molecule has 1 N–H and O–H groups in total. The standard InChI is InChI=1S/C13H19NO5/c1-3-6-18-7-8-19-13-5-4-11(14(16)17)9-12(13)10(2)15/h4-5,9-10,15H,3,6-8H2,1-2H3/t10-/m1/s1. The van der Waals surface area contributed by atoms with Crippen LogP contribution in [0.4, 0.5) is 5.69 Å². The number of nitrogens with zero attached hydrogens (tertiary/aromatic N) is 1. The van der Waals surface area contributed by atoms with E-state index in [0.717, 1.165) is 6.42 Å². The molecule has 1 aromatic rings. The highest BCUT2D eigenvalue weighted by Gasteiger charge is 2.15. The van der Waals surface area contributed by atoms with E-state index in [4.69, 9.17) is 9.47 Å². The maximum Gasteiger partial charge on any atom is 0.270 e.